The first-order valence-electron chi connectivity index (χ1n) is 11.8. The number of benzene rings is 3. The molecule has 14 heteroatoms. The third kappa shape index (κ3) is 5.92. The number of non-ortho nitro benzene ring substituents is 1. The second-order valence-corrected chi connectivity index (χ2v) is 10.2. The van der Waals surface area contributed by atoms with Crippen molar-refractivity contribution in [3.63, 3.8) is 0 Å². The van der Waals surface area contributed by atoms with Crippen molar-refractivity contribution in [1.29, 1.82) is 0 Å². The summed E-state index contributed by atoms with van der Waals surface area (Å²) in [5.74, 6) is 0.290. The summed E-state index contributed by atoms with van der Waals surface area (Å²) in [7, 11) is 1.54. The van der Waals surface area contributed by atoms with Crippen LogP contribution >= 0.6 is 23.1 Å². The zero-order valence-corrected chi connectivity index (χ0v) is 22.6. The molecule has 0 aliphatic rings. The highest BCUT2D eigenvalue weighted by Gasteiger charge is 2.20. The molecule has 5 aromatic rings. The van der Waals surface area contributed by atoms with Crippen molar-refractivity contribution >= 4 is 55.9 Å². The number of thioether (sulfide) groups is 1. The molecule has 0 saturated carbocycles. The number of carbonyl (C=O) groups excluding carboxylic acids is 2. The second-order valence-electron chi connectivity index (χ2n) is 8.22. The molecule has 2 aromatic heterocycles. The molecular formula is C26H21N7O5S2. The van der Waals surface area contributed by atoms with E-state index >= 15 is 0 Å². The Hall–Kier alpha value is -4.82. The maximum Gasteiger partial charge on any atom is 0.269 e. The molecule has 2 amide bonds. The lowest BCUT2D eigenvalue weighted by molar-refractivity contribution is -0.384. The van der Waals surface area contributed by atoms with Gasteiger partial charge in [0.25, 0.3) is 11.6 Å². The van der Waals surface area contributed by atoms with E-state index in [0.717, 1.165) is 10.2 Å². The number of para-hydroxylation sites is 3. The first-order chi connectivity index (χ1) is 19.4. The van der Waals surface area contributed by atoms with Gasteiger partial charge in [0.05, 0.1) is 40.2 Å². The van der Waals surface area contributed by atoms with Crippen LogP contribution < -0.4 is 15.4 Å². The summed E-state index contributed by atoms with van der Waals surface area (Å²) in [6.07, 6.45) is 0. The minimum atomic E-state index is -0.532. The van der Waals surface area contributed by atoms with E-state index in [1.54, 1.807) is 10.6 Å². The lowest BCUT2D eigenvalue weighted by Crippen LogP contribution is -2.24. The average Bonchev–Trinajstić information content (AvgIpc) is 3.57. The summed E-state index contributed by atoms with van der Waals surface area (Å²) in [6, 6.07) is 20.2. The number of nitrogens with one attached hydrogen (secondary N) is 2. The van der Waals surface area contributed by atoms with E-state index < -0.39 is 10.8 Å². The van der Waals surface area contributed by atoms with E-state index in [2.05, 4.69) is 25.8 Å². The van der Waals surface area contributed by atoms with E-state index in [9.17, 15) is 19.7 Å². The molecule has 0 radical (unpaired) electrons. The van der Waals surface area contributed by atoms with Gasteiger partial charge in [-0.2, -0.15) is 0 Å². The number of rotatable bonds is 10. The number of carbonyl (C=O) groups is 2. The molecule has 0 fully saturated rings. The number of nitro benzene ring substituents is 1. The fraction of sp³-hybridized carbons (Fsp3) is 0.115. The summed E-state index contributed by atoms with van der Waals surface area (Å²) in [4.78, 5) is 40.2. The van der Waals surface area contributed by atoms with Crippen LogP contribution in [-0.2, 0) is 11.3 Å². The number of amides is 2. The van der Waals surface area contributed by atoms with Gasteiger partial charge >= 0.3 is 0 Å². The Bertz CT molecular complexity index is 1670. The van der Waals surface area contributed by atoms with Crippen LogP contribution in [0.3, 0.4) is 0 Å². The third-order valence-corrected chi connectivity index (χ3v) is 7.53. The molecular weight excluding hydrogens is 554 g/mol. The molecule has 3 aromatic carbocycles. The van der Waals surface area contributed by atoms with Crippen molar-refractivity contribution in [2.24, 2.45) is 0 Å². The molecule has 202 valence electrons. The monoisotopic (exact) mass is 575 g/mol. The Morgan fingerprint density at radius 2 is 1.80 bits per heavy atom. The van der Waals surface area contributed by atoms with Crippen LogP contribution in [0.25, 0.3) is 15.9 Å². The zero-order chi connectivity index (χ0) is 28.1. The normalized spacial score (nSPS) is 10.8. The summed E-state index contributed by atoms with van der Waals surface area (Å²) in [6.45, 7) is -0.000664. The highest BCUT2D eigenvalue weighted by Crippen LogP contribution is 2.29. The van der Waals surface area contributed by atoms with Crippen molar-refractivity contribution in [2.45, 2.75) is 11.7 Å². The SMILES string of the molecule is COc1ccccc1-n1c(CNC(=O)c2ccc([N+](=O)[O-])cc2)nnc1SCC(=O)Nc1nc2ccccc2s1. The number of aromatic nitrogens is 4. The number of anilines is 1. The second kappa shape index (κ2) is 11.9. The molecule has 0 aliphatic heterocycles. The molecule has 0 spiro atoms. The summed E-state index contributed by atoms with van der Waals surface area (Å²) in [5, 5.41) is 25.9. The number of thiazole rings is 1. The van der Waals surface area contributed by atoms with Crippen molar-refractivity contribution in [2.75, 3.05) is 18.2 Å². The standard InChI is InChI=1S/C26H21N7O5S2/c1-38-20-8-4-3-7-19(20)32-22(14-27-24(35)16-10-12-17(13-11-16)33(36)37)30-31-26(32)39-15-23(34)29-25-28-18-6-2-5-9-21(18)40-25/h2-13H,14-15H2,1H3,(H,27,35)(H,28,29,34). The number of nitro groups is 1. The van der Waals surface area contributed by atoms with Gasteiger partial charge in [0, 0.05) is 17.7 Å². The minimum absolute atomic E-state index is 0.000664. The van der Waals surface area contributed by atoms with Gasteiger partial charge in [-0.05, 0) is 36.4 Å². The highest BCUT2D eigenvalue weighted by atomic mass is 32.2. The Morgan fingerprint density at radius 1 is 1.05 bits per heavy atom. The van der Waals surface area contributed by atoms with Crippen LogP contribution in [0, 0.1) is 10.1 Å². The van der Waals surface area contributed by atoms with Crippen LogP contribution in [0.15, 0.2) is 78.0 Å². The average molecular weight is 576 g/mol. The number of fused-ring (bicyclic) bond motifs is 1. The van der Waals surface area contributed by atoms with Gasteiger partial charge in [-0.3, -0.25) is 24.3 Å². The maximum atomic E-state index is 12.7. The molecule has 2 heterocycles. The topological polar surface area (TPSA) is 154 Å². The number of hydrogen-bond acceptors (Lipinski definition) is 10. The van der Waals surface area contributed by atoms with E-state index in [4.69, 9.17) is 4.74 Å². The van der Waals surface area contributed by atoms with E-state index in [0.29, 0.717) is 27.5 Å². The number of hydrogen-bond donors (Lipinski definition) is 2. The Balaban J connectivity index is 1.33. The zero-order valence-electron chi connectivity index (χ0n) is 20.9. The molecule has 40 heavy (non-hydrogen) atoms. The molecule has 2 N–H and O–H groups in total. The van der Waals surface area contributed by atoms with E-state index in [-0.39, 0.29) is 29.5 Å². The fourth-order valence-corrected chi connectivity index (χ4v) is 5.42. The minimum Gasteiger partial charge on any atom is -0.495 e. The van der Waals surface area contributed by atoms with E-state index in [1.807, 2.05) is 42.5 Å². The van der Waals surface area contributed by atoms with E-state index in [1.165, 1.54) is 54.5 Å². The van der Waals surface area contributed by atoms with Crippen LogP contribution in [0.2, 0.25) is 0 Å². The number of ether oxygens (including phenoxy) is 1. The maximum absolute atomic E-state index is 12.7. The lowest BCUT2D eigenvalue weighted by atomic mass is 10.2. The van der Waals surface area contributed by atoms with Crippen LogP contribution in [0.1, 0.15) is 16.2 Å². The number of nitrogens with zero attached hydrogens (tertiary/aromatic N) is 5. The smallest absolute Gasteiger partial charge is 0.269 e. The van der Waals surface area contributed by atoms with Crippen molar-refractivity contribution < 1.29 is 19.2 Å². The summed E-state index contributed by atoms with van der Waals surface area (Å²) < 4.78 is 8.21. The molecule has 0 saturated heterocycles. The van der Waals surface area contributed by atoms with Gasteiger partial charge in [0.2, 0.25) is 5.91 Å². The van der Waals surface area contributed by atoms with Crippen LogP contribution in [0.5, 0.6) is 5.75 Å². The Morgan fingerprint density at radius 3 is 2.55 bits per heavy atom. The largest absolute Gasteiger partial charge is 0.495 e. The quantitative estimate of drug-likeness (QED) is 0.140. The first-order valence-corrected chi connectivity index (χ1v) is 13.6. The molecule has 12 nitrogen and oxygen atoms in total. The van der Waals surface area contributed by atoms with Crippen LogP contribution in [-0.4, -0.2) is 49.3 Å². The molecule has 0 unspecified atom stereocenters. The Labute approximate surface area is 235 Å². The summed E-state index contributed by atoms with van der Waals surface area (Å²) >= 11 is 2.56. The van der Waals surface area contributed by atoms with Gasteiger partial charge < -0.3 is 15.4 Å². The lowest BCUT2D eigenvalue weighted by Gasteiger charge is -2.14. The number of methoxy groups -OCH3 is 1. The highest BCUT2D eigenvalue weighted by molar-refractivity contribution is 7.99. The molecule has 0 atom stereocenters. The molecule has 0 aliphatic carbocycles. The van der Waals surface area contributed by atoms with Gasteiger partial charge in [0.1, 0.15) is 5.75 Å². The summed E-state index contributed by atoms with van der Waals surface area (Å²) in [5.41, 5.74) is 1.59. The van der Waals surface area contributed by atoms with Gasteiger partial charge in [-0.1, -0.05) is 47.4 Å². The van der Waals surface area contributed by atoms with Crippen molar-refractivity contribution in [3.8, 4) is 11.4 Å². The van der Waals surface area contributed by atoms with Crippen molar-refractivity contribution in [3.05, 3.63) is 94.3 Å². The van der Waals surface area contributed by atoms with Gasteiger partial charge in [0.15, 0.2) is 16.1 Å². The van der Waals surface area contributed by atoms with Crippen LogP contribution in [0.4, 0.5) is 10.8 Å². The first kappa shape index (κ1) is 26.8. The predicted octanol–water partition coefficient (Wildman–Crippen LogP) is 4.45. The van der Waals surface area contributed by atoms with Gasteiger partial charge in [-0.15, -0.1) is 10.2 Å². The fourth-order valence-electron chi connectivity index (χ4n) is 3.77. The molecule has 0 bridgehead atoms. The van der Waals surface area contributed by atoms with Crippen molar-refractivity contribution in [1.82, 2.24) is 25.1 Å². The Kier molecular flexibility index (Phi) is 7.98. The third-order valence-electron chi connectivity index (χ3n) is 5.65. The predicted molar refractivity (Wildman–Crippen MR) is 151 cm³/mol. The van der Waals surface area contributed by atoms with Gasteiger partial charge in [-0.25, -0.2) is 4.98 Å². The molecule has 5 rings (SSSR count).